The number of hydrogen-bond donors (Lipinski definition) is 1. The third kappa shape index (κ3) is 2.45. The molecule has 1 aromatic carbocycles. The summed E-state index contributed by atoms with van der Waals surface area (Å²) >= 11 is 3.46. The van der Waals surface area contributed by atoms with Gasteiger partial charge in [-0.05, 0) is 31.3 Å². The van der Waals surface area contributed by atoms with Gasteiger partial charge in [0, 0.05) is 29.5 Å². The van der Waals surface area contributed by atoms with Crippen LogP contribution in [0.25, 0.3) is 22.6 Å². The molecule has 1 unspecified atom stereocenters. The summed E-state index contributed by atoms with van der Waals surface area (Å²) in [5.74, 6) is 1.70. The minimum Gasteiger partial charge on any atom is -0.451 e. The predicted octanol–water partition coefficient (Wildman–Crippen LogP) is 2.82. The molecule has 1 fully saturated rings. The molecular weight excluding hydrogens is 348 g/mol. The first-order valence-corrected chi connectivity index (χ1v) is 7.94. The molecule has 3 heterocycles. The quantitative estimate of drug-likeness (QED) is 0.755. The van der Waals surface area contributed by atoms with E-state index in [1.54, 1.807) is 0 Å². The van der Waals surface area contributed by atoms with Crippen LogP contribution < -0.4 is 5.32 Å². The van der Waals surface area contributed by atoms with Crippen LogP contribution in [0.4, 0.5) is 0 Å². The van der Waals surface area contributed by atoms with Crippen molar-refractivity contribution in [2.75, 3.05) is 26.7 Å². The number of furan rings is 1. The third-order valence-corrected chi connectivity index (χ3v) is 4.43. The van der Waals surface area contributed by atoms with Gasteiger partial charge in [-0.2, -0.15) is 4.98 Å². The molecule has 7 heteroatoms. The van der Waals surface area contributed by atoms with Crippen LogP contribution in [0.15, 0.2) is 37.7 Å². The number of hydrogen-bond acceptors (Lipinski definition) is 6. The van der Waals surface area contributed by atoms with Crippen molar-refractivity contribution in [2.45, 2.75) is 6.04 Å². The van der Waals surface area contributed by atoms with Crippen molar-refractivity contribution in [3.8, 4) is 11.7 Å². The Kier molecular flexibility index (Phi) is 3.48. The Morgan fingerprint density at radius 2 is 2.27 bits per heavy atom. The highest BCUT2D eigenvalue weighted by Gasteiger charge is 2.26. The van der Waals surface area contributed by atoms with Crippen LogP contribution in [0.3, 0.4) is 0 Å². The number of piperazine rings is 1. The highest BCUT2D eigenvalue weighted by atomic mass is 79.9. The topological polar surface area (TPSA) is 67.3 Å². The first kappa shape index (κ1) is 13.9. The van der Waals surface area contributed by atoms with Gasteiger partial charge in [0.2, 0.25) is 0 Å². The van der Waals surface area contributed by atoms with Gasteiger partial charge < -0.3 is 14.3 Å². The van der Waals surface area contributed by atoms with Crippen molar-refractivity contribution in [2.24, 2.45) is 0 Å². The van der Waals surface area contributed by atoms with Crippen LogP contribution in [0.2, 0.25) is 0 Å². The zero-order chi connectivity index (χ0) is 15.1. The van der Waals surface area contributed by atoms with E-state index in [-0.39, 0.29) is 6.04 Å². The second-order valence-electron chi connectivity index (χ2n) is 5.45. The molecule has 1 aliphatic heterocycles. The first-order chi connectivity index (χ1) is 10.7. The maximum Gasteiger partial charge on any atom is 0.293 e. The molecule has 0 spiro atoms. The van der Waals surface area contributed by atoms with E-state index < -0.39 is 0 Å². The zero-order valence-corrected chi connectivity index (χ0v) is 13.6. The normalized spacial score (nSPS) is 19.8. The van der Waals surface area contributed by atoms with Gasteiger partial charge in [-0.25, -0.2) is 0 Å². The van der Waals surface area contributed by atoms with Crippen LogP contribution in [0.1, 0.15) is 11.9 Å². The van der Waals surface area contributed by atoms with Gasteiger partial charge in [-0.3, -0.25) is 4.90 Å². The van der Waals surface area contributed by atoms with E-state index in [2.05, 4.69) is 43.3 Å². The van der Waals surface area contributed by atoms with Crippen molar-refractivity contribution in [1.82, 2.24) is 20.4 Å². The van der Waals surface area contributed by atoms with Gasteiger partial charge in [-0.15, -0.1) is 0 Å². The van der Waals surface area contributed by atoms with Gasteiger partial charge in [0.1, 0.15) is 5.58 Å². The van der Waals surface area contributed by atoms with Gasteiger partial charge in [-0.1, -0.05) is 21.1 Å². The molecule has 0 aliphatic carbocycles. The molecule has 22 heavy (non-hydrogen) atoms. The van der Waals surface area contributed by atoms with Crippen molar-refractivity contribution in [3.05, 3.63) is 34.6 Å². The number of fused-ring (bicyclic) bond motifs is 1. The van der Waals surface area contributed by atoms with Crippen molar-refractivity contribution >= 4 is 26.9 Å². The number of halogens is 1. The third-order valence-electron chi connectivity index (χ3n) is 3.94. The van der Waals surface area contributed by atoms with E-state index >= 15 is 0 Å². The lowest BCUT2D eigenvalue weighted by Gasteiger charge is -2.30. The monoisotopic (exact) mass is 362 g/mol. The molecule has 1 atom stereocenters. The summed E-state index contributed by atoms with van der Waals surface area (Å²) in [6.07, 6.45) is 0. The molecule has 0 amide bonds. The molecule has 1 saturated heterocycles. The Labute approximate surface area is 135 Å². The summed E-state index contributed by atoms with van der Waals surface area (Å²) in [6.45, 7) is 2.77. The number of aromatic nitrogens is 2. The van der Waals surface area contributed by atoms with E-state index in [0.29, 0.717) is 17.5 Å². The second kappa shape index (κ2) is 5.49. The molecule has 114 valence electrons. The maximum atomic E-state index is 5.79. The molecule has 0 radical (unpaired) electrons. The molecule has 3 aromatic rings. The van der Waals surface area contributed by atoms with Crippen LogP contribution in [0.5, 0.6) is 0 Å². The predicted molar refractivity (Wildman–Crippen MR) is 85.4 cm³/mol. The SMILES string of the molecule is CN1CCNCC1c1noc(-c2cc3cc(Br)ccc3o2)n1. The van der Waals surface area contributed by atoms with Crippen molar-refractivity contribution < 1.29 is 8.94 Å². The van der Waals surface area contributed by atoms with E-state index in [4.69, 9.17) is 8.94 Å². The van der Waals surface area contributed by atoms with Crippen LogP contribution in [0, 0.1) is 0 Å². The Morgan fingerprint density at radius 1 is 1.36 bits per heavy atom. The Hall–Kier alpha value is -1.70. The van der Waals surface area contributed by atoms with Crippen LogP contribution >= 0.6 is 15.9 Å². The van der Waals surface area contributed by atoms with Crippen LogP contribution in [-0.4, -0.2) is 41.7 Å². The molecular formula is C15H15BrN4O2. The Morgan fingerprint density at radius 3 is 3.14 bits per heavy atom. The highest BCUT2D eigenvalue weighted by Crippen LogP contribution is 2.29. The number of nitrogens with zero attached hydrogens (tertiary/aromatic N) is 3. The zero-order valence-electron chi connectivity index (χ0n) is 12.0. The van der Waals surface area contributed by atoms with Gasteiger partial charge >= 0.3 is 0 Å². The Bertz CT molecular complexity index is 813. The number of nitrogens with one attached hydrogen (secondary N) is 1. The minimum absolute atomic E-state index is 0.129. The lowest BCUT2D eigenvalue weighted by atomic mass is 10.2. The minimum atomic E-state index is 0.129. The average molecular weight is 363 g/mol. The lowest BCUT2D eigenvalue weighted by Crippen LogP contribution is -2.44. The summed E-state index contributed by atoms with van der Waals surface area (Å²) in [5.41, 5.74) is 0.800. The Balaban J connectivity index is 1.67. The van der Waals surface area contributed by atoms with E-state index in [1.807, 2.05) is 24.3 Å². The summed E-state index contributed by atoms with van der Waals surface area (Å²) < 4.78 is 12.2. The molecule has 4 rings (SSSR count). The highest BCUT2D eigenvalue weighted by molar-refractivity contribution is 9.10. The van der Waals surface area contributed by atoms with E-state index in [9.17, 15) is 0 Å². The smallest absolute Gasteiger partial charge is 0.293 e. The summed E-state index contributed by atoms with van der Waals surface area (Å²) in [7, 11) is 2.07. The summed E-state index contributed by atoms with van der Waals surface area (Å²) in [4.78, 5) is 6.73. The standard InChI is InChI=1S/C15H15BrN4O2/c1-20-5-4-17-8-11(20)14-18-15(22-19-14)13-7-9-6-10(16)2-3-12(9)21-13/h2-3,6-7,11,17H,4-5,8H2,1H3. The van der Waals surface area contributed by atoms with Gasteiger partial charge in [0.25, 0.3) is 5.89 Å². The van der Waals surface area contributed by atoms with E-state index in [0.717, 1.165) is 35.1 Å². The first-order valence-electron chi connectivity index (χ1n) is 7.15. The van der Waals surface area contributed by atoms with Crippen molar-refractivity contribution in [3.63, 3.8) is 0 Å². The van der Waals surface area contributed by atoms with Gasteiger partial charge in [0.05, 0.1) is 6.04 Å². The fraction of sp³-hybridized carbons (Fsp3) is 0.333. The number of rotatable bonds is 2. The molecule has 0 saturated carbocycles. The van der Waals surface area contributed by atoms with Gasteiger partial charge in [0.15, 0.2) is 11.6 Å². The molecule has 1 aliphatic rings. The average Bonchev–Trinajstić information content (AvgIpc) is 3.13. The summed E-state index contributed by atoms with van der Waals surface area (Å²) in [6, 6.07) is 7.90. The molecule has 1 N–H and O–H groups in total. The second-order valence-corrected chi connectivity index (χ2v) is 6.37. The largest absolute Gasteiger partial charge is 0.451 e. The van der Waals surface area contributed by atoms with Crippen molar-refractivity contribution in [1.29, 1.82) is 0 Å². The molecule has 2 aromatic heterocycles. The fourth-order valence-electron chi connectivity index (χ4n) is 2.68. The molecule has 6 nitrogen and oxygen atoms in total. The number of likely N-dealkylation sites (N-methyl/N-ethyl adjacent to an activating group) is 1. The lowest BCUT2D eigenvalue weighted by molar-refractivity contribution is 0.190. The van der Waals surface area contributed by atoms with Crippen LogP contribution in [-0.2, 0) is 0 Å². The fourth-order valence-corrected chi connectivity index (χ4v) is 3.06. The molecule has 0 bridgehead atoms. The number of benzene rings is 1. The van der Waals surface area contributed by atoms with E-state index in [1.165, 1.54) is 0 Å². The maximum absolute atomic E-state index is 5.79. The summed E-state index contributed by atoms with van der Waals surface area (Å²) in [5, 5.41) is 8.47.